The quantitative estimate of drug-likeness (QED) is 0.809. The van der Waals surface area contributed by atoms with Crippen LogP contribution in [0.15, 0.2) is 29.1 Å². The van der Waals surface area contributed by atoms with Gasteiger partial charge in [0.15, 0.2) is 0 Å². The lowest BCUT2D eigenvalue weighted by atomic mass is 9.48. The molecule has 0 spiro atoms. The minimum atomic E-state index is -0.250. The topological polar surface area (TPSA) is 26.9 Å². The zero-order valence-electron chi connectivity index (χ0n) is 15.0. The van der Waals surface area contributed by atoms with E-state index in [0.717, 1.165) is 34.7 Å². The van der Waals surface area contributed by atoms with E-state index in [2.05, 4.69) is 6.92 Å². The molecular formula is C21H25FN2O. The van der Waals surface area contributed by atoms with Crippen molar-refractivity contribution in [2.24, 2.45) is 24.8 Å². The molecule has 1 aromatic carbocycles. The molecule has 0 aliphatic heterocycles. The van der Waals surface area contributed by atoms with Crippen LogP contribution in [0.5, 0.6) is 0 Å². The molecule has 4 saturated carbocycles. The molecule has 6 rings (SSSR count). The Morgan fingerprint density at radius 3 is 2.04 bits per heavy atom. The Morgan fingerprint density at radius 1 is 1.00 bits per heavy atom. The number of hydrogen-bond donors (Lipinski definition) is 0. The van der Waals surface area contributed by atoms with Crippen LogP contribution in [0.25, 0.3) is 5.69 Å². The predicted octanol–water partition coefficient (Wildman–Crippen LogP) is 4.09. The Hall–Kier alpha value is -1.84. The SMILES string of the molecule is Cc1c(C23CC4CC(CC(C4)C2)C3)c(=O)n(C)n1-c1ccc(F)cc1. The van der Waals surface area contributed by atoms with Gasteiger partial charge in [0, 0.05) is 23.7 Å². The van der Waals surface area contributed by atoms with Crippen LogP contribution in [0.3, 0.4) is 0 Å². The highest BCUT2D eigenvalue weighted by Crippen LogP contribution is 2.60. The van der Waals surface area contributed by atoms with Crippen molar-refractivity contribution < 1.29 is 4.39 Å². The molecule has 3 nitrogen and oxygen atoms in total. The molecule has 0 amide bonds. The van der Waals surface area contributed by atoms with E-state index in [0.29, 0.717) is 0 Å². The second-order valence-electron chi connectivity index (χ2n) is 8.78. The molecule has 1 aromatic heterocycles. The smallest absolute Gasteiger partial charge is 0.267 e. The van der Waals surface area contributed by atoms with Crippen molar-refractivity contribution in [3.8, 4) is 5.69 Å². The van der Waals surface area contributed by atoms with Gasteiger partial charge >= 0.3 is 0 Å². The summed E-state index contributed by atoms with van der Waals surface area (Å²) in [7, 11) is 1.84. The van der Waals surface area contributed by atoms with Crippen LogP contribution >= 0.6 is 0 Å². The monoisotopic (exact) mass is 340 g/mol. The van der Waals surface area contributed by atoms with Crippen molar-refractivity contribution >= 4 is 0 Å². The van der Waals surface area contributed by atoms with Gasteiger partial charge in [-0.3, -0.25) is 9.48 Å². The van der Waals surface area contributed by atoms with Crippen molar-refractivity contribution in [2.45, 2.75) is 50.9 Å². The van der Waals surface area contributed by atoms with Gasteiger partial charge in [-0.2, -0.15) is 0 Å². The summed E-state index contributed by atoms with van der Waals surface area (Å²) in [5, 5.41) is 0. The largest absolute Gasteiger partial charge is 0.270 e. The molecule has 25 heavy (non-hydrogen) atoms. The van der Waals surface area contributed by atoms with Gasteiger partial charge in [0.05, 0.1) is 5.69 Å². The van der Waals surface area contributed by atoms with Crippen molar-refractivity contribution in [2.75, 3.05) is 0 Å². The molecule has 2 aromatic rings. The first-order valence-electron chi connectivity index (χ1n) is 9.52. The first kappa shape index (κ1) is 15.4. The first-order chi connectivity index (χ1) is 12.0. The number of halogens is 1. The predicted molar refractivity (Wildman–Crippen MR) is 95.6 cm³/mol. The van der Waals surface area contributed by atoms with Gasteiger partial charge in [-0.1, -0.05) is 0 Å². The van der Waals surface area contributed by atoms with E-state index in [9.17, 15) is 9.18 Å². The molecule has 0 saturated heterocycles. The van der Waals surface area contributed by atoms with Crippen LogP contribution in [-0.2, 0) is 12.5 Å². The Labute approximate surface area is 147 Å². The first-order valence-corrected chi connectivity index (χ1v) is 9.52. The second-order valence-corrected chi connectivity index (χ2v) is 8.78. The molecule has 0 N–H and O–H groups in total. The van der Waals surface area contributed by atoms with E-state index in [4.69, 9.17) is 0 Å². The maximum Gasteiger partial charge on any atom is 0.270 e. The fourth-order valence-electron chi connectivity index (χ4n) is 6.71. The summed E-state index contributed by atoms with van der Waals surface area (Å²) in [6.45, 7) is 2.07. The lowest BCUT2D eigenvalue weighted by Gasteiger charge is -2.56. The summed E-state index contributed by atoms with van der Waals surface area (Å²) in [5.74, 6) is 2.18. The summed E-state index contributed by atoms with van der Waals surface area (Å²) in [4.78, 5) is 13.2. The minimum Gasteiger partial charge on any atom is -0.267 e. The fraction of sp³-hybridized carbons (Fsp3) is 0.571. The standard InChI is InChI=1S/C21H25FN2O/c1-13-19(21-10-14-7-15(11-21)9-16(8-14)12-21)20(25)23(2)24(13)18-5-3-17(22)4-6-18/h3-6,14-16H,7-12H2,1-2H3. The molecule has 4 heteroatoms. The van der Waals surface area contributed by atoms with Crippen molar-refractivity contribution in [3.63, 3.8) is 0 Å². The summed E-state index contributed by atoms with van der Waals surface area (Å²) in [5.41, 5.74) is 3.16. The van der Waals surface area contributed by atoms with E-state index in [1.54, 1.807) is 16.8 Å². The van der Waals surface area contributed by atoms with Gasteiger partial charge in [-0.15, -0.1) is 0 Å². The van der Waals surface area contributed by atoms with Crippen LogP contribution in [0.2, 0.25) is 0 Å². The molecule has 0 unspecified atom stereocenters. The normalized spacial score (nSPS) is 33.2. The van der Waals surface area contributed by atoms with Crippen LogP contribution in [-0.4, -0.2) is 9.36 Å². The highest BCUT2D eigenvalue weighted by atomic mass is 19.1. The third kappa shape index (κ3) is 2.12. The highest BCUT2D eigenvalue weighted by Gasteiger charge is 2.53. The average Bonchev–Trinajstić information content (AvgIpc) is 2.77. The maximum absolute atomic E-state index is 13.3. The lowest BCUT2D eigenvalue weighted by Crippen LogP contribution is -2.50. The molecule has 132 valence electrons. The zero-order chi connectivity index (χ0) is 17.3. The number of benzene rings is 1. The maximum atomic E-state index is 13.3. The van der Waals surface area contributed by atoms with Crippen molar-refractivity contribution in [1.29, 1.82) is 0 Å². The zero-order valence-corrected chi connectivity index (χ0v) is 15.0. The number of nitrogens with zero attached hydrogens (tertiary/aromatic N) is 2. The fourth-order valence-corrected chi connectivity index (χ4v) is 6.71. The van der Waals surface area contributed by atoms with Crippen LogP contribution < -0.4 is 5.56 Å². The summed E-state index contributed by atoms with van der Waals surface area (Å²) < 4.78 is 17.0. The molecule has 0 radical (unpaired) electrons. The van der Waals surface area contributed by atoms with Crippen molar-refractivity contribution in [1.82, 2.24) is 9.36 Å². The Balaban J connectivity index is 1.67. The summed E-state index contributed by atoms with van der Waals surface area (Å²) >= 11 is 0. The third-order valence-electron chi connectivity index (χ3n) is 7.13. The average molecular weight is 340 g/mol. The van der Waals surface area contributed by atoms with Gasteiger partial charge < -0.3 is 0 Å². The molecule has 0 atom stereocenters. The Bertz CT molecular complexity index is 855. The summed E-state index contributed by atoms with van der Waals surface area (Å²) in [6.07, 6.45) is 7.67. The number of aromatic nitrogens is 2. The van der Waals surface area contributed by atoms with E-state index in [1.807, 2.05) is 11.7 Å². The Morgan fingerprint density at radius 2 is 1.52 bits per heavy atom. The number of hydrogen-bond acceptors (Lipinski definition) is 1. The van der Waals surface area contributed by atoms with Gasteiger partial charge in [0.2, 0.25) is 0 Å². The Kier molecular flexibility index (Phi) is 3.14. The van der Waals surface area contributed by atoms with Crippen LogP contribution in [0.1, 0.15) is 49.8 Å². The van der Waals surface area contributed by atoms with Gasteiger partial charge in [0.1, 0.15) is 5.82 Å². The van der Waals surface area contributed by atoms with E-state index >= 15 is 0 Å². The van der Waals surface area contributed by atoms with Gasteiger partial charge in [0.25, 0.3) is 5.56 Å². The lowest BCUT2D eigenvalue weighted by molar-refractivity contribution is -0.00598. The van der Waals surface area contributed by atoms with Gasteiger partial charge in [-0.25, -0.2) is 9.07 Å². The molecule has 4 aliphatic carbocycles. The minimum absolute atomic E-state index is 0.0823. The van der Waals surface area contributed by atoms with Crippen molar-refractivity contribution in [3.05, 3.63) is 51.7 Å². The molecular weight excluding hydrogens is 315 g/mol. The molecule has 4 aliphatic rings. The van der Waals surface area contributed by atoms with Crippen LogP contribution in [0, 0.1) is 30.5 Å². The highest BCUT2D eigenvalue weighted by molar-refractivity contribution is 5.39. The van der Waals surface area contributed by atoms with E-state index in [-0.39, 0.29) is 16.8 Å². The third-order valence-corrected chi connectivity index (χ3v) is 7.13. The summed E-state index contributed by atoms with van der Waals surface area (Å²) in [6, 6.07) is 6.43. The van der Waals surface area contributed by atoms with E-state index in [1.165, 1.54) is 50.7 Å². The second kappa shape index (κ2) is 5.09. The molecule has 4 fully saturated rings. The van der Waals surface area contributed by atoms with Gasteiger partial charge in [-0.05, 0) is 87.5 Å². The number of rotatable bonds is 2. The van der Waals surface area contributed by atoms with E-state index < -0.39 is 0 Å². The molecule has 1 heterocycles. The van der Waals surface area contributed by atoms with Crippen LogP contribution in [0.4, 0.5) is 4.39 Å². The molecule has 4 bridgehead atoms.